The van der Waals surface area contributed by atoms with Gasteiger partial charge in [0.2, 0.25) is 6.10 Å². The largest absolute Gasteiger partial charge is 0.483 e. The number of hydrogen-bond donors (Lipinski definition) is 2. The number of hydrogen-bond acceptors (Lipinski definition) is 4. The number of aliphatic hydroxyl groups excluding tert-OH is 1. The van der Waals surface area contributed by atoms with Gasteiger partial charge in [-0.1, -0.05) is 70.7 Å². The second-order valence-corrected chi connectivity index (χ2v) is 9.38. The summed E-state index contributed by atoms with van der Waals surface area (Å²) in [6, 6.07) is 27.2. The molecule has 9 heteroatoms. The fraction of sp³-hybridized carbons (Fsp3) is 0.107. The summed E-state index contributed by atoms with van der Waals surface area (Å²) in [7, 11) is 0. The van der Waals surface area contributed by atoms with E-state index in [2.05, 4.69) is 0 Å². The van der Waals surface area contributed by atoms with Crippen molar-refractivity contribution in [1.82, 2.24) is 0 Å². The first-order valence-electron chi connectivity index (χ1n) is 10.9. The van der Waals surface area contributed by atoms with Crippen molar-refractivity contribution in [3.05, 3.63) is 128 Å². The number of carbonyl (C=O) groups is 1. The van der Waals surface area contributed by atoms with Crippen LogP contribution >= 0.6 is 46.4 Å². The second-order valence-electron chi connectivity index (χ2n) is 7.64. The minimum Gasteiger partial charge on any atom is -0.483 e. The fourth-order valence-corrected chi connectivity index (χ4v) is 3.62. The van der Waals surface area contributed by atoms with Crippen LogP contribution in [-0.4, -0.2) is 22.8 Å². The molecule has 0 bridgehead atoms. The SMILES string of the molecule is O=C(O)C(Oc1ccc(Cl)cc1)c1ccc(Cl)cc1.OCC(Oc1ccc(Cl)cc1)c1ccc(Cl)cc1. The van der Waals surface area contributed by atoms with Crippen LogP contribution in [0.5, 0.6) is 11.5 Å². The summed E-state index contributed by atoms with van der Waals surface area (Å²) in [5, 5.41) is 21.0. The first kappa shape index (κ1) is 28.6. The number of halogens is 4. The van der Waals surface area contributed by atoms with Crippen LogP contribution in [0, 0.1) is 0 Å². The third-order valence-electron chi connectivity index (χ3n) is 4.96. The molecule has 0 spiro atoms. The number of carboxylic acids is 1. The highest BCUT2D eigenvalue weighted by Gasteiger charge is 2.21. The summed E-state index contributed by atoms with van der Waals surface area (Å²) in [4.78, 5) is 11.3. The van der Waals surface area contributed by atoms with Crippen molar-refractivity contribution < 1.29 is 24.5 Å². The number of aliphatic carboxylic acids is 1. The Labute approximate surface area is 234 Å². The van der Waals surface area contributed by atoms with Crippen LogP contribution in [0.25, 0.3) is 0 Å². The lowest BCUT2D eigenvalue weighted by molar-refractivity contribution is -0.145. The predicted molar refractivity (Wildman–Crippen MR) is 147 cm³/mol. The summed E-state index contributed by atoms with van der Waals surface area (Å²) >= 11 is 23.1. The number of benzene rings is 4. The normalized spacial score (nSPS) is 12.0. The van der Waals surface area contributed by atoms with Crippen LogP contribution in [0.15, 0.2) is 97.1 Å². The number of ether oxygens (including phenoxy) is 2. The molecule has 0 aromatic heterocycles. The molecule has 0 aliphatic rings. The van der Waals surface area contributed by atoms with Crippen molar-refractivity contribution in [1.29, 1.82) is 0 Å². The van der Waals surface area contributed by atoms with Crippen LogP contribution < -0.4 is 9.47 Å². The average molecular weight is 580 g/mol. The lowest BCUT2D eigenvalue weighted by Gasteiger charge is -2.17. The lowest BCUT2D eigenvalue weighted by atomic mass is 10.1. The molecule has 0 saturated heterocycles. The van der Waals surface area contributed by atoms with Gasteiger partial charge in [0.25, 0.3) is 0 Å². The van der Waals surface area contributed by atoms with E-state index in [1.54, 1.807) is 84.9 Å². The van der Waals surface area contributed by atoms with Gasteiger partial charge in [0.1, 0.15) is 17.6 Å². The van der Waals surface area contributed by atoms with Gasteiger partial charge < -0.3 is 19.7 Å². The molecule has 0 fully saturated rings. The van der Waals surface area contributed by atoms with Crippen molar-refractivity contribution in [3.63, 3.8) is 0 Å². The molecule has 0 radical (unpaired) electrons. The predicted octanol–water partition coefficient (Wildman–Crippen LogP) is 8.30. The number of aliphatic hydroxyl groups is 1. The van der Waals surface area contributed by atoms with Gasteiger partial charge >= 0.3 is 5.97 Å². The van der Waals surface area contributed by atoms with Crippen molar-refractivity contribution in [3.8, 4) is 11.5 Å². The Morgan fingerprint density at radius 3 is 1.32 bits per heavy atom. The van der Waals surface area contributed by atoms with Crippen LogP contribution in [0.4, 0.5) is 0 Å². The third kappa shape index (κ3) is 9.15. The van der Waals surface area contributed by atoms with Gasteiger partial charge in [-0.2, -0.15) is 0 Å². The van der Waals surface area contributed by atoms with Gasteiger partial charge in [0.05, 0.1) is 6.61 Å². The zero-order chi connectivity index (χ0) is 26.8. The van der Waals surface area contributed by atoms with Crippen molar-refractivity contribution in [2.24, 2.45) is 0 Å². The van der Waals surface area contributed by atoms with Gasteiger partial charge in [0.15, 0.2) is 0 Å². The zero-order valence-electron chi connectivity index (χ0n) is 19.2. The van der Waals surface area contributed by atoms with E-state index in [-0.39, 0.29) is 6.61 Å². The first-order chi connectivity index (χ1) is 17.7. The topological polar surface area (TPSA) is 76.0 Å². The summed E-state index contributed by atoms with van der Waals surface area (Å²) in [6.07, 6.45) is -1.50. The maximum absolute atomic E-state index is 11.3. The molecule has 5 nitrogen and oxygen atoms in total. The highest BCUT2D eigenvalue weighted by Crippen LogP contribution is 2.26. The maximum Gasteiger partial charge on any atom is 0.349 e. The molecule has 2 unspecified atom stereocenters. The molecule has 0 amide bonds. The molecule has 4 aromatic carbocycles. The quantitative estimate of drug-likeness (QED) is 0.219. The monoisotopic (exact) mass is 578 g/mol. The molecule has 0 heterocycles. The summed E-state index contributed by atoms with van der Waals surface area (Å²) in [5.41, 5.74) is 1.39. The second kappa shape index (κ2) is 14.1. The molecule has 4 rings (SSSR count). The van der Waals surface area contributed by atoms with Crippen LogP contribution in [-0.2, 0) is 4.79 Å². The molecule has 192 valence electrons. The zero-order valence-corrected chi connectivity index (χ0v) is 22.3. The Hall–Kier alpha value is -2.93. The van der Waals surface area contributed by atoms with Gasteiger partial charge in [-0.05, 0) is 78.4 Å². The van der Waals surface area contributed by atoms with E-state index >= 15 is 0 Å². The van der Waals surface area contributed by atoms with E-state index in [9.17, 15) is 15.0 Å². The van der Waals surface area contributed by atoms with Crippen LogP contribution in [0.3, 0.4) is 0 Å². The Morgan fingerprint density at radius 2 is 0.946 bits per heavy atom. The summed E-state index contributed by atoms with van der Waals surface area (Å²) in [6.45, 7) is -0.107. The Bertz CT molecular complexity index is 1260. The molecular formula is C28H22Cl4O5. The first-order valence-corrected chi connectivity index (χ1v) is 12.5. The van der Waals surface area contributed by atoms with E-state index in [0.29, 0.717) is 37.2 Å². The lowest BCUT2D eigenvalue weighted by Crippen LogP contribution is -2.18. The molecule has 2 atom stereocenters. The van der Waals surface area contributed by atoms with Crippen molar-refractivity contribution in [2.75, 3.05) is 6.61 Å². The number of rotatable bonds is 8. The molecule has 0 saturated carbocycles. The number of carboxylic acid groups (broad SMARTS) is 1. The smallest absolute Gasteiger partial charge is 0.349 e. The fourth-order valence-electron chi connectivity index (χ4n) is 3.11. The van der Waals surface area contributed by atoms with Gasteiger partial charge in [0, 0.05) is 25.7 Å². The van der Waals surface area contributed by atoms with Gasteiger partial charge in [-0.25, -0.2) is 4.79 Å². The molecular weight excluding hydrogens is 558 g/mol. The van der Waals surface area contributed by atoms with E-state index in [0.717, 1.165) is 5.56 Å². The molecule has 0 aliphatic heterocycles. The van der Waals surface area contributed by atoms with Gasteiger partial charge in [-0.3, -0.25) is 0 Å². The van der Waals surface area contributed by atoms with Crippen molar-refractivity contribution in [2.45, 2.75) is 12.2 Å². The summed E-state index contributed by atoms with van der Waals surface area (Å²) < 4.78 is 11.1. The van der Waals surface area contributed by atoms with E-state index in [1.807, 2.05) is 12.1 Å². The van der Waals surface area contributed by atoms with E-state index in [4.69, 9.17) is 55.9 Å². The summed E-state index contributed by atoms with van der Waals surface area (Å²) in [5.74, 6) is 0.0254. The Balaban J connectivity index is 0.000000206. The Morgan fingerprint density at radius 1 is 0.595 bits per heavy atom. The third-order valence-corrected chi connectivity index (χ3v) is 5.97. The van der Waals surface area contributed by atoms with E-state index < -0.39 is 18.2 Å². The molecule has 4 aromatic rings. The highest BCUT2D eigenvalue weighted by molar-refractivity contribution is 6.31. The molecule has 2 N–H and O–H groups in total. The Kier molecular flexibility index (Phi) is 10.9. The van der Waals surface area contributed by atoms with Crippen LogP contribution in [0.2, 0.25) is 20.1 Å². The maximum atomic E-state index is 11.3. The van der Waals surface area contributed by atoms with E-state index in [1.165, 1.54) is 0 Å². The molecule has 37 heavy (non-hydrogen) atoms. The van der Waals surface area contributed by atoms with Crippen molar-refractivity contribution >= 4 is 52.4 Å². The minimum atomic E-state index is -1.08. The standard InChI is InChI=1S/C14H10Cl2O3.C14H12Cl2O2/c15-10-3-1-9(2-4-10)13(14(17)18)19-12-7-5-11(16)6-8-12;15-11-3-1-10(2-4-11)14(9-17)18-13-7-5-12(16)6-8-13/h1-8,13H,(H,17,18);1-8,14,17H,9H2. The minimum absolute atomic E-state index is 0.107. The molecule has 0 aliphatic carbocycles. The van der Waals surface area contributed by atoms with Crippen LogP contribution in [0.1, 0.15) is 23.3 Å². The highest BCUT2D eigenvalue weighted by atomic mass is 35.5. The van der Waals surface area contributed by atoms with Gasteiger partial charge in [-0.15, -0.1) is 0 Å². The average Bonchev–Trinajstić information content (AvgIpc) is 2.89.